The second-order valence-electron chi connectivity index (χ2n) is 14.2. The monoisotopic (exact) mass is 708 g/mol. The lowest BCUT2D eigenvalue weighted by Gasteiger charge is -2.48. The predicted octanol–water partition coefficient (Wildman–Crippen LogP) is 7.00. The topological polar surface area (TPSA) is 112 Å². The lowest BCUT2D eigenvalue weighted by Crippen LogP contribution is -2.59. The summed E-state index contributed by atoms with van der Waals surface area (Å²) in [6.45, 7) is 7.03. The molecule has 11 heteroatoms. The number of carbonyl (C=O) groups is 3. The third-order valence-corrected chi connectivity index (χ3v) is 11.7. The van der Waals surface area contributed by atoms with Crippen LogP contribution in [0.4, 0.5) is 5.69 Å². The number of nitrogens with one attached hydrogen (secondary N) is 2. The van der Waals surface area contributed by atoms with Crippen molar-refractivity contribution in [2.45, 2.75) is 90.1 Å². The molecule has 1 saturated heterocycles. The van der Waals surface area contributed by atoms with Crippen LogP contribution in [0, 0.1) is 11.3 Å². The zero-order valence-electron chi connectivity index (χ0n) is 29.3. The summed E-state index contributed by atoms with van der Waals surface area (Å²) < 4.78 is 7.83. The molecule has 0 radical (unpaired) electrons. The van der Waals surface area contributed by atoms with Gasteiger partial charge >= 0.3 is 0 Å². The zero-order chi connectivity index (χ0) is 35.3. The molecule has 1 aromatic heterocycles. The number of piperidine rings is 1. The Morgan fingerprint density at radius 3 is 2.37 bits per heavy atom. The largest absolute Gasteiger partial charge is 0.451 e. The fraction of sp³-hybridized carbons (Fsp3) is 0.526. The van der Waals surface area contributed by atoms with E-state index in [9.17, 15) is 19.2 Å². The third-order valence-electron chi connectivity index (χ3n) is 10.7. The van der Waals surface area contributed by atoms with E-state index < -0.39 is 17.4 Å². The van der Waals surface area contributed by atoms with Gasteiger partial charge in [0, 0.05) is 55.1 Å². The fourth-order valence-electron chi connectivity index (χ4n) is 7.19. The molecule has 1 aliphatic carbocycles. The molecule has 2 aliphatic rings. The second kappa shape index (κ2) is 15.6. The molecule has 2 fully saturated rings. The van der Waals surface area contributed by atoms with Crippen LogP contribution in [-0.4, -0.2) is 60.6 Å². The molecule has 2 aromatic carbocycles. The molecule has 5 rings (SSSR count). The van der Waals surface area contributed by atoms with Gasteiger partial charge in [0.05, 0.1) is 10.8 Å². The minimum Gasteiger partial charge on any atom is -0.451 e. The Kier molecular flexibility index (Phi) is 11.7. The van der Waals surface area contributed by atoms with Crippen LogP contribution in [0.2, 0.25) is 5.02 Å². The van der Waals surface area contributed by atoms with Crippen molar-refractivity contribution in [3.63, 3.8) is 0 Å². The minimum absolute atomic E-state index is 0.0999. The van der Waals surface area contributed by atoms with Gasteiger partial charge in [-0.2, -0.15) is 0 Å². The summed E-state index contributed by atoms with van der Waals surface area (Å²) in [6, 6.07) is 12.7. The van der Waals surface area contributed by atoms with Crippen LogP contribution in [0.15, 0.2) is 57.7 Å². The number of carbonyl (C=O) groups excluding carboxylic acids is 3. The molecule has 1 aliphatic heterocycles. The lowest BCUT2D eigenvalue weighted by atomic mass is 9.63. The standard InChI is InChI=1S/C38H49ClN4O5S/c1-6-37(2,3)41-36(47)38(26-10-8-7-9-11-26)18-20-43(21-19-38)35(46)30(22-25-12-14-27(39)15-13-25)40-34(45)33-24-31(44)29-23-28(42(4)49-5)16-17-32(29)48-33/h12-17,23-24,26,30H,6-11,18-22H2,1-5H3,(H,40,45)(H,41,47). The van der Waals surface area contributed by atoms with Gasteiger partial charge in [0.1, 0.15) is 11.6 Å². The second-order valence-corrected chi connectivity index (χ2v) is 15.5. The van der Waals surface area contributed by atoms with Crippen molar-refractivity contribution in [3.05, 3.63) is 75.1 Å². The van der Waals surface area contributed by atoms with Gasteiger partial charge in [-0.3, -0.25) is 19.2 Å². The molecule has 0 bridgehead atoms. The lowest BCUT2D eigenvalue weighted by molar-refractivity contribution is -0.147. The third kappa shape index (κ3) is 8.46. The Balaban J connectivity index is 1.38. The SMILES string of the molecule is CCC(C)(C)NC(=O)C1(C2CCCCC2)CCN(C(=O)C(Cc2ccc(Cl)cc2)NC(=O)c2cc(=O)c3cc(N(C)SC)ccc3o2)CC1. The van der Waals surface area contributed by atoms with Gasteiger partial charge < -0.3 is 24.3 Å². The molecule has 1 unspecified atom stereocenters. The number of halogens is 1. The van der Waals surface area contributed by atoms with Crippen molar-refractivity contribution in [3.8, 4) is 0 Å². The highest BCUT2D eigenvalue weighted by Crippen LogP contribution is 2.46. The summed E-state index contributed by atoms with van der Waals surface area (Å²) >= 11 is 7.64. The number of fused-ring (bicyclic) bond motifs is 1. The van der Waals surface area contributed by atoms with E-state index in [0.717, 1.165) is 43.4 Å². The number of hydrogen-bond donors (Lipinski definition) is 2. The summed E-state index contributed by atoms with van der Waals surface area (Å²) in [6.07, 6.45) is 9.61. The van der Waals surface area contributed by atoms with Crippen LogP contribution in [-0.2, 0) is 16.0 Å². The van der Waals surface area contributed by atoms with E-state index in [2.05, 4.69) is 31.4 Å². The van der Waals surface area contributed by atoms with Crippen LogP contribution in [0.25, 0.3) is 11.0 Å². The van der Waals surface area contributed by atoms with Crippen molar-refractivity contribution in [2.24, 2.45) is 11.3 Å². The van der Waals surface area contributed by atoms with Crippen LogP contribution < -0.4 is 20.4 Å². The summed E-state index contributed by atoms with van der Waals surface area (Å²) in [4.78, 5) is 56.9. The molecule has 3 amide bonds. The number of benzene rings is 2. The van der Waals surface area contributed by atoms with E-state index in [1.165, 1.54) is 24.4 Å². The van der Waals surface area contributed by atoms with Gasteiger partial charge in [-0.15, -0.1) is 0 Å². The van der Waals surface area contributed by atoms with Gasteiger partial charge in [-0.1, -0.05) is 61.9 Å². The van der Waals surface area contributed by atoms with E-state index >= 15 is 0 Å². The summed E-state index contributed by atoms with van der Waals surface area (Å²) in [5, 5.41) is 7.16. The molecular weight excluding hydrogens is 660 g/mol. The van der Waals surface area contributed by atoms with Gasteiger partial charge in [0.15, 0.2) is 11.2 Å². The highest BCUT2D eigenvalue weighted by Gasteiger charge is 2.49. The van der Waals surface area contributed by atoms with E-state index in [-0.39, 0.29) is 46.5 Å². The smallest absolute Gasteiger partial charge is 0.287 e. The molecule has 49 heavy (non-hydrogen) atoms. The number of nitrogens with zero attached hydrogens (tertiary/aromatic N) is 2. The minimum atomic E-state index is -0.928. The van der Waals surface area contributed by atoms with E-state index in [4.69, 9.17) is 16.0 Å². The Morgan fingerprint density at radius 1 is 1.06 bits per heavy atom. The Labute approximate surface area is 298 Å². The Bertz CT molecular complexity index is 1710. The normalized spacial score (nSPS) is 17.4. The number of rotatable bonds is 11. The molecule has 0 spiro atoms. The number of hydrogen-bond acceptors (Lipinski definition) is 7. The number of amides is 3. The first-order valence-electron chi connectivity index (χ1n) is 17.4. The fourth-order valence-corrected chi connectivity index (χ4v) is 7.64. The first-order valence-corrected chi connectivity index (χ1v) is 18.9. The molecule has 1 atom stereocenters. The van der Waals surface area contributed by atoms with Crippen LogP contribution >= 0.6 is 23.5 Å². The zero-order valence-corrected chi connectivity index (χ0v) is 30.8. The Hall–Kier alpha value is -3.50. The molecule has 264 valence electrons. The van der Waals surface area contributed by atoms with Gasteiger partial charge in [0.2, 0.25) is 11.8 Å². The van der Waals surface area contributed by atoms with Crippen molar-refractivity contribution in [2.75, 3.05) is 30.7 Å². The van der Waals surface area contributed by atoms with Gasteiger partial charge in [-0.25, -0.2) is 0 Å². The highest BCUT2D eigenvalue weighted by atomic mass is 35.5. The molecular formula is C38H49ClN4O5S. The maximum absolute atomic E-state index is 14.3. The van der Waals surface area contributed by atoms with Crippen molar-refractivity contribution >= 4 is 57.9 Å². The first-order chi connectivity index (χ1) is 23.4. The summed E-state index contributed by atoms with van der Waals surface area (Å²) in [7, 11) is 1.90. The highest BCUT2D eigenvalue weighted by molar-refractivity contribution is 7.99. The van der Waals surface area contributed by atoms with Crippen LogP contribution in [0.5, 0.6) is 0 Å². The molecule has 1 saturated carbocycles. The predicted molar refractivity (Wildman–Crippen MR) is 198 cm³/mol. The quantitative estimate of drug-likeness (QED) is 0.207. The maximum atomic E-state index is 14.3. The molecule has 2 heterocycles. The van der Waals surface area contributed by atoms with Crippen LogP contribution in [0.3, 0.4) is 0 Å². The number of likely N-dealkylation sites (tertiary alicyclic amines) is 1. The summed E-state index contributed by atoms with van der Waals surface area (Å²) in [5.74, 6) is -0.664. The first kappa shape index (κ1) is 36.8. The summed E-state index contributed by atoms with van der Waals surface area (Å²) in [5.41, 5.74) is 0.753. The Morgan fingerprint density at radius 2 is 1.73 bits per heavy atom. The van der Waals surface area contributed by atoms with E-state index in [0.29, 0.717) is 36.3 Å². The van der Waals surface area contributed by atoms with Crippen molar-refractivity contribution < 1.29 is 18.8 Å². The molecule has 3 aromatic rings. The van der Waals surface area contributed by atoms with Gasteiger partial charge in [-0.05, 0) is 87.8 Å². The van der Waals surface area contributed by atoms with Crippen molar-refractivity contribution in [1.82, 2.24) is 15.5 Å². The molecule has 2 N–H and O–H groups in total. The van der Waals surface area contributed by atoms with Crippen LogP contribution in [0.1, 0.15) is 88.3 Å². The van der Waals surface area contributed by atoms with E-state index in [1.807, 2.05) is 35.8 Å². The average molecular weight is 709 g/mol. The van der Waals surface area contributed by atoms with Gasteiger partial charge in [0.25, 0.3) is 5.91 Å². The van der Waals surface area contributed by atoms with E-state index in [1.54, 1.807) is 29.2 Å². The average Bonchev–Trinajstić information content (AvgIpc) is 3.11. The molecule has 9 nitrogen and oxygen atoms in total. The van der Waals surface area contributed by atoms with Crippen molar-refractivity contribution in [1.29, 1.82) is 0 Å². The number of anilines is 1. The maximum Gasteiger partial charge on any atom is 0.287 e.